The molecule has 0 N–H and O–H groups in total. The molecule has 0 spiro atoms. The summed E-state index contributed by atoms with van der Waals surface area (Å²) in [6.45, 7) is 4.39. The lowest BCUT2D eigenvalue weighted by atomic mass is 9.98. The van der Waals surface area contributed by atoms with Gasteiger partial charge in [-0.1, -0.05) is 0 Å². The molecule has 4 nitrogen and oxygen atoms in total. The third-order valence-electron chi connectivity index (χ3n) is 2.59. The summed E-state index contributed by atoms with van der Waals surface area (Å²) in [5.41, 5.74) is -1.74. The summed E-state index contributed by atoms with van der Waals surface area (Å²) >= 11 is 0. The predicted octanol–water partition coefficient (Wildman–Crippen LogP) is 0.562. The summed E-state index contributed by atoms with van der Waals surface area (Å²) in [7, 11) is 0. The fourth-order valence-electron chi connectivity index (χ4n) is 1.99. The average molecular weight is 198 g/mol. The minimum atomic E-state index is -1.74. The maximum absolute atomic E-state index is 12.1. The summed E-state index contributed by atoms with van der Waals surface area (Å²) < 4.78 is 10.8. The summed E-state index contributed by atoms with van der Waals surface area (Å²) in [4.78, 5) is 0. The number of ether oxygens (including phenoxy) is 2. The van der Waals surface area contributed by atoms with Crippen LogP contribution >= 0.6 is 0 Å². The summed E-state index contributed by atoms with van der Waals surface area (Å²) in [6, 6.07) is 1.80. The summed E-state index contributed by atoms with van der Waals surface area (Å²) in [5, 5.41) is 21.0. The molecule has 0 unspecified atom stereocenters. The molecule has 0 amide bonds. The molecule has 0 aromatic carbocycles. The normalized spacial score (nSPS) is 30.1. The van der Waals surface area contributed by atoms with Crippen molar-refractivity contribution in [2.24, 2.45) is 0 Å². The van der Waals surface area contributed by atoms with Crippen molar-refractivity contribution in [1.82, 2.24) is 0 Å². The molecule has 4 heteroatoms. The van der Waals surface area contributed by atoms with Crippen LogP contribution < -0.4 is 5.11 Å². The lowest BCUT2D eigenvalue weighted by Gasteiger charge is -2.45. The Bertz CT molecular complexity index is 230. The third kappa shape index (κ3) is 1.63. The standard InChI is InChI=1S/C10H16NO3/c1-3-13-10(14-4-2)7-5-6-9(10,12)8-11/h3-7H2,1-2H3/q-1/t9-/m1/s1. The van der Waals surface area contributed by atoms with Crippen LogP contribution in [-0.4, -0.2) is 24.6 Å². The molecular formula is C10H16NO3-. The SMILES string of the molecule is CCOC1(OCC)CCC[C@@]1([O-])C#N. The predicted molar refractivity (Wildman–Crippen MR) is 48.2 cm³/mol. The van der Waals surface area contributed by atoms with E-state index in [1.165, 1.54) is 0 Å². The van der Waals surface area contributed by atoms with Crippen LogP contribution in [0, 0.1) is 11.3 Å². The summed E-state index contributed by atoms with van der Waals surface area (Å²) in [6.07, 6.45) is 1.52. The highest BCUT2D eigenvalue weighted by atomic mass is 16.7. The van der Waals surface area contributed by atoms with Gasteiger partial charge in [-0.3, -0.25) is 0 Å². The fraction of sp³-hybridized carbons (Fsp3) is 0.900. The van der Waals surface area contributed by atoms with E-state index in [9.17, 15) is 5.11 Å². The molecule has 14 heavy (non-hydrogen) atoms. The van der Waals surface area contributed by atoms with E-state index in [1.54, 1.807) is 19.9 Å². The van der Waals surface area contributed by atoms with Crippen LogP contribution in [0.1, 0.15) is 33.1 Å². The smallest absolute Gasteiger partial charge is 0.171 e. The van der Waals surface area contributed by atoms with Gasteiger partial charge in [-0.15, -0.1) is 0 Å². The maximum atomic E-state index is 12.1. The van der Waals surface area contributed by atoms with E-state index >= 15 is 0 Å². The first kappa shape index (κ1) is 11.4. The van der Waals surface area contributed by atoms with Crippen molar-refractivity contribution < 1.29 is 14.6 Å². The molecule has 0 aliphatic heterocycles. The van der Waals surface area contributed by atoms with Crippen LogP contribution in [0.2, 0.25) is 0 Å². The van der Waals surface area contributed by atoms with Crippen molar-refractivity contribution in [3.8, 4) is 6.07 Å². The van der Waals surface area contributed by atoms with E-state index in [2.05, 4.69) is 0 Å². The first-order valence-electron chi connectivity index (χ1n) is 5.03. The van der Waals surface area contributed by atoms with Gasteiger partial charge in [0.15, 0.2) is 5.79 Å². The second-order valence-corrected chi connectivity index (χ2v) is 3.41. The largest absolute Gasteiger partial charge is 0.835 e. The Hall–Kier alpha value is -0.630. The van der Waals surface area contributed by atoms with Gasteiger partial charge in [-0.2, -0.15) is 5.26 Å². The van der Waals surface area contributed by atoms with Gasteiger partial charge in [0.1, 0.15) is 0 Å². The Balaban J connectivity index is 2.90. The van der Waals surface area contributed by atoms with Gasteiger partial charge in [0.05, 0.1) is 6.07 Å². The van der Waals surface area contributed by atoms with E-state index in [-0.39, 0.29) is 0 Å². The van der Waals surface area contributed by atoms with Crippen LogP contribution in [0.5, 0.6) is 0 Å². The molecule has 1 saturated carbocycles. The molecule has 80 valence electrons. The van der Waals surface area contributed by atoms with Gasteiger partial charge in [-0.05, 0) is 26.7 Å². The Morgan fingerprint density at radius 3 is 2.29 bits per heavy atom. The minimum Gasteiger partial charge on any atom is -0.835 e. The topological polar surface area (TPSA) is 65.3 Å². The lowest BCUT2D eigenvalue weighted by Crippen LogP contribution is -2.61. The molecule has 0 aromatic rings. The van der Waals surface area contributed by atoms with Gasteiger partial charge in [0, 0.05) is 25.2 Å². The van der Waals surface area contributed by atoms with Crippen molar-refractivity contribution in [2.75, 3.05) is 13.2 Å². The molecule has 1 fully saturated rings. The van der Waals surface area contributed by atoms with E-state index in [1.807, 2.05) is 0 Å². The zero-order valence-corrected chi connectivity index (χ0v) is 8.71. The van der Waals surface area contributed by atoms with Crippen LogP contribution in [0.3, 0.4) is 0 Å². The van der Waals surface area contributed by atoms with E-state index in [0.717, 1.165) is 0 Å². The molecule has 0 bridgehead atoms. The van der Waals surface area contributed by atoms with Crippen molar-refractivity contribution >= 4 is 0 Å². The molecule has 0 heterocycles. The highest BCUT2D eigenvalue weighted by molar-refractivity contribution is 5.13. The first-order valence-corrected chi connectivity index (χ1v) is 5.03. The first-order chi connectivity index (χ1) is 6.64. The minimum absolute atomic E-state index is 0.309. The molecule has 0 aromatic heterocycles. The van der Waals surface area contributed by atoms with Crippen LogP contribution in [0.4, 0.5) is 0 Å². The lowest BCUT2D eigenvalue weighted by molar-refractivity contribution is -0.517. The van der Waals surface area contributed by atoms with E-state index < -0.39 is 11.4 Å². The summed E-state index contributed by atoms with van der Waals surface area (Å²) in [5.74, 6) is -1.22. The molecule has 0 saturated heterocycles. The van der Waals surface area contributed by atoms with Gasteiger partial charge >= 0.3 is 0 Å². The molecule has 1 atom stereocenters. The van der Waals surface area contributed by atoms with Gasteiger partial charge in [0.2, 0.25) is 0 Å². The van der Waals surface area contributed by atoms with Crippen LogP contribution in [0.15, 0.2) is 0 Å². The van der Waals surface area contributed by atoms with Crippen LogP contribution in [-0.2, 0) is 9.47 Å². The van der Waals surface area contributed by atoms with Crippen molar-refractivity contribution in [1.29, 1.82) is 5.26 Å². The Morgan fingerprint density at radius 1 is 1.29 bits per heavy atom. The number of nitrogens with zero attached hydrogens (tertiary/aromatic N) is 1. The number of hydrogen-bond acceptors (Lipinski definition) is 4. The monoisotopic (exact) mass is 198 g/mol. The second kappa shape index (κ2) is 4.26. The quantitative estimate of drug-likeness (QED) is 0.619. The van der Waals surface area contributed by atoms with E-state index in [4.69, 9.17) is 14.7 Å². The van der Waals surface area contributed by atoms with Gasteiger partial charge in [-0.25, -0.2) is 0 Å². The van der Waals surface area contributed by atoms with Crippen molar-refractivity contribution in [3.63, 3.8) is 0 Å². The number of rotatable bonds is 4. The highest BCUT2D eigenvalue weighted by Gasteiger charge is 2.49. The molecular weight excluding hydrogens is 182 g/mol. The highest BCUT2D eigenvalue weighted by Crippen LogP contribution is 2.40. The Labute approximate surface area is 84.4 Å². The Morgan fingerprint density at radius 2 is 1.86 bits per heavy atom. The second-order valence-electron chi connectivity index (χ2n) is 3.41. The van der Waals surface area contributed by atoms with Crippen LogP contribution in [0.25, 0.3) is 0 Å². The molecule has 1 rings (SSSR count). The zero-order chi connectivity index (χ0) is 10.7. The van der Waals surface area contributed by atoms with E-state index in [0.29, 0.717) is 32.5 Å². The number of nitriles is 1. The fourth-order valence-corrected chi connectivity index (χ4v) is 1.99. The molecule has 0 radical (unpaired) electrons. The third-order valence-corrected chi connectivity index (χ3v) is 2.59. The molecule has 1 aliphatic rings. The molecule has 1 aliphatic carbocycles. The Kier molecular flexibility index (Phi) is 3.48. The van der Waals surface area contributed by atoms with Crippen molar-refractivity contribution in [2.45, 2.75) is 44.5 Å². The van der Waals surface area contributed by atoms with Gasteiger partial charge in [0.25, 0.3) is 0 Å². The van der Waals surface area contributed by atoms with Gasteiger partial charge < -0.3 is 14.6 Å². The number of hydrogen-bond donors (Lipinski definition) is 0. The zero-order valence-electron chi connectivity index (χ0n) is 8.71. The maximum Gasteiger partial charge on any atom is 0.171 e. The average Bonchev–Trinajstić information content (AvgIpc) is 2.47. The van der Waals surface area contributed by atoms with Crippen molar-refractivity contribution in [3.05, 3.63) is 0 Å².